The summed E-state index contributed by atoms with van der Waals surface area (Å²) in [6.45, 7) is 8.60. The molecule has 0 spiro atoms. The lowest BCUT2D eigenvalue weighted by Gasteiger charge is -2.38. The van der Waals surface area contributed by atoms with E-state index >= 15 is 0 Å². The van der Waals surface area contributed by atoms with Crippen molar-refractivity contribution in [3.05, 3.63) is 34.9 Å². The largest absolute Gasteiger partial charge is 0.337 e. The number of carbonyl (C=O) groups is 2. The zero-order valence-electron chi connectivity index (χ0n) is 15.1. The Kier molecular flexibility index (Phi) is 5.07. The first-order chi connectivity index (χ1) is 11.8. The molecule has 6 heteroatoms. The number of nitrogens with one attached hydrogen (secondary N) is 1. The van der Waals surface area contributed by atoms with Crippen LogP contribution in [0.15, 0.2) is 24.3 Å². The third-order valence-corrected chi connectivity index (χ3v) is 5.42. The van der Waals surface area contributed by atoms with E-state index in [1.54, 1.807) is 0 Å². The second-order valence-corrected chi connectivity index (χ2v) is 8.26. The van der Waals surface area contributed by atoms with Gasteiger partial charge in [0, 0.05) is 43.2 Å². The van der Waals surface area contributed by atoms with E-state index in [1.165, 1.54) is 0 Å². The van der Waals surface area contributed by atoms with Crippen LogP contribution in [0.1, 0.15) is 38.8 Å². The van der Waals surface area contributed by atoms with Gasteiger partial charge in [0.2, 0.25) is 11.8 Å². The van der Waals surface area contributed by atoms with Crippen molar-refractivity contribution < 1.29 is 9.59 Å². The van der Waals surface area contributed by atoms with E-state index < -0.39 is 0 Å². The highest BCUT2D eigenvalue weighted by Crippen LogP contribution is 2.32. The normalized spacial score (nSPS) is 24.7. The first-order valence-corrected chi connectivity index (χ1v) is 9.23. The summed E-state index contributed by atoms with van der Waals surface area (Å²) in [6.07, 6.45) is 0.301. The zero-order valence-corrected chi connectivity index (χ0v) is 15.8. The van der Waals surface area contributed by atoms with Gasteiger partial charge in [-0.15, -0.1) is 0 Å². The van der Waals surface area contributed by atoms with Crippen LogP contribution in [0.2, 0.25) is 5.02 Å². The van der Waals surface area contributed by atoms with Crippen molar-refractivity contribution in [2.24, 2.45) is 5.92 Å². The van der Waals surface area contributed by atoms with E-state index in [1.807, 2.05) is 54.8 Å². The van der Waals surface area contributed by atoms with Gasteiger partial charge in [0.05, 0.1) is 12.0 Å². The highest BCUT2D eigenvalue weighted by atomic mass is 35.5. The Morgan fingerprint density at radius 1 is 1.28 bits per heavy atom. The predicted molar refractivity (Wildman–Crippen MR) is 98.3 cm³/mol. The molecule has 0 aliphatic carbocycles. The van der Waals surface area contributed by atoms with Gasteiger partial charge in [-0.05, 0) is 32.4 Å². The molecule has 136 valence electrons. The van der Waals surface area contributed by atoms with Crippen molar-refractivity contribution in [2.75, 3.05) is 26.2 Å². The maximum absolute atomic E-state index is 13.2. The first-order valence-electron chi connectivity index (χ1n) is 8.85. The Balaban J connectivity index is 1.81. The van der Waals surface area contributed by atoms with Crippen molar-refractivity contribution in [3.8, 4) is 0 Å². The summed E-state index contributed by atoms with van der Waals surface area (Å²) in [5.41, 5.74) is 0.708. The summed E-state index contributed by atoms with van der Waals surface area (Å²) < 4.78 is 0. The van der Waals surface area contributed by atoms with Crippen LogP contribution in [0.5, 0.6) is 0 Å². The summed E-state index contributed by atoms with van der Waals surface area (Å²) in [5.74, 6) is -0.142. The molecule has 2 atom stereocenters. The molecule has 2 unspecified atom stereocenters. The van der Waals surface area contributed by atoms with E-state index in [-0.39, 0.29) is 29.3 Å². The smallest absolute Gasteiger partial charge is 0.228 e. The van der Waals surface area contributed by atoms with Gasteiger partial charge >= 0.3 is 0 Å². The number of hydrogen-bond donors (Lipinski definition) is 1. The standard InChI is InChI=1S/C19H26ClN3O2/c1-19(2,3)23-12-13(10-17(23)24)18(25)22-9-8-21-11-16(22)14-6-4-5-7-15(14)20/h4-7,13,16,21H,8-12H2,1-3H3. The van der Waals surface area contributed by atoms with Crippen molar-refractivity contribution >= 4 is 23.4 Å². The van der Waals surface area contributed by atoms with E-state index in [2.05, 4.69) is 5.32 Å². The minimum atomic E-state index is -0.269. The number of nitrogens with zero attached hydrogens (tertiary/aromatic N) is 2. The van der Waals surface area contributed by atoms with Crippen LogP contribution in [0, 0.1) is 5.92 Å². The van der Waals surface area contributed by atoms with Gasteiger partial charge in [0.1, 0.15) is 0 Å². The maximum atomic E-state index is 13.2. The topological polar surface area (TPSA) is 52.7 Å². The molecule has 2 aliphatic heterocycles. The quantitative estimate of drug-likeness (QED) is 0.878. The minimum Gasteiger partial charge on any atom is -0.337 e. The second kappa shape index (κ2) is 6.96. The Labute approximate surface area is 154 Å². The fourth-order valence-electron chi connectivity index (χ4n) is 3.75. The van der Waals surface area contributed by atoms with Gasteiger partial charge in [-0.1, -0.05) is 29.8 Å². The first kappa shape index (κ1) is 18.2. The third kappa shape index (κ3) is 3.67. The van der Waals surface area contributed by atoms with Gasteiger partial charge in [-0.3, -0.25) is 9.59 Å². The molecule has 1 N–H and O–H groups in total. The van der Waals surface area contributed by atoms with Crippen LogP contribution in [-0.4, -0.2) is 53.3 Å². The van der Waals surface area contributed by atoms with Crippen LogP contribution < -0.4 is 5.32 Å². The fourth-order valence-corrected chi connectivity index (χ4v) is 4.01. The molecule has 2 aliphatic rings. The van der Waals surface area contributed by atoms with Crippen LogP contribution in [0.25, 0.3) is 0 Å². The van der Waals surface area contributed by atoms with E-state index in [0.717, 1.165) is 12.1 Å². The number of likely N-dealkylation sites (tertiary alicyclic amines) is 1. The molecule has 2 saturated heterocycles. The van der Waals surface area contributed by atoms with Gasteiger partial charge in [0.15, 0.2) is 0 Å². The van der Waals surface area contributed by atoms with Crippen LogP contribution in [0.3, 0.4) is 0 Å². The SMILES string of the molecule is CC(C)(C)N1CC(C(=O)N2CCNCC2c2ccccc2Cl)CC1=O. The van der Waals surface area contributed by atoms with Gasteiger partial charge in [0.25, 0.3) is 0 Å². The molecule has 0 radical (unpaired) electrons. The number of carbonyl (C=O) groups excluding carboxylic acids is 2. The molecule has 0 saturated carbocycles. The Morgan fingerprint density at radius 3 is 2.64 bits per heavy atom. The second-order valence-electron chi connectivity index (χ2n) is 7.85. The Bertz CT molecular complexity index is 671. The predicted octanol–water partition coefficient (Wildman–Crippen LogP) is 2.46. The van der Waals surface area contributed by atoms with Gasteiger partial charge < -0.3 is 15.1 Å². The average molecular weight is 364 g/mol. The lowest BCUT2D eigenvalue weighted by molar-refractivity contribution is -0.139. The number of amides is 2. The summed E-state index contributed by atoms with van der Waals surface area (Å²) >= 11 is 6.37. The summed E-state index contributed by atoms with van der Waals surface area (Å²) in [7, 11) is 0. The van der Waals surface area contributed by atoms with Crippen molar-refractivity contribution in [2.45, 2.75) is 38.8 Å². The molecule has 5 nitrogen and oxygen atoms in total. The summed E-state index contributed by atoms with van der Waals surface area (Å²) in [4.78, 5) is 29.3. The summed E-state index contributed by atoms with van der Waals surface area (Å²) in [5, 5.41) is 4.02. The van der Waals surface area contributed by atoms with Crippen LogP contribution >= 0.6 is 11.6 Å². The third-order valence-electron chi connectivity index (χ3n) is 5.07. The maximum Gasteiger partial charge on any atom is 0.228 e. The Morgan fingerprint density at radius 2 is 2.00 bits per heavy atom. The van der Waals surface area contributed by atoms with Crippen LogP contribution in [0.4, 0.5) is 0 Å². The number of piperazine rings is 1. The fraction of sp³-hybridized carbons (Fsp3) is 0.579. The van der Waals surface area contributed by atoms with Crippen molar-refractivity contribution in [1.29, 1.82) is 0 Å². The van der Waals surface area contributed by atoms with Crippen molar-refractivity contribution in [1.82, 2.24) is 15.1 Å². The van der Waals surface area contributed by atoms with Crippen molar-refractivity contribution in [3.63, 3.8) is 0 Å². The molecular formula is C19H26ClN3O2. The number of halogens is 1. The van der Waals surface area contributed by atoms with E-state index in [0.29, 0.717) is 31.1 Å². The average Bonchev–Trinajstić information content (AvgIpc) is 2.97. The molecular weight excluding hydrogens is 338 g/mol. The molecule has 3 rings (SSSR count). The minimum absolute atomic E-state index is 0.0616. The van der Waals surface area contributed by atoms with E-state index in [9.17, 15) is 9.59 Å². The van der Waals surface area contributed by atoms with Crippen LogP contribution in [-0.2, 0) is 9.59 Å². The zero-order chi connectivity index (χ0) is 18.2. The van der Waals surface area contributed by atoms with Gasteiger partial charge in [-0.25, -0.2) is 0 Å². The number of hydrogen-bond acceptors (Lipinski definition) is 3. The highest BCUT2D eigenvalue weighted by Gasteiger charge is 2.42. The van der Waals surface area contributed by atoms with Gasteiger partial charge in [-0.2, -0.15) is 0 Å². The number of rotatable bonds is 2. The summed E-state index contributed by atoms with van der Waals surface area (Å²) in [6, 6.07) is 7.58. The number of benzene rings is 1. The Hall–Kier alpha value is -1.59. The molecule has 2 fully saturated rings. The molecule has 1 aromatic rings. The molecule has 0 bridgehead atoms. The lowest BCUT2D eigenvalue weighted by Crippen LogP contribution is -2.51. The molecule has 0 aromatic heterocycles. The molecule has 2 amide bonds. The monoisotopic (exact) mass is 363 g/mol. The molecule has 2 heterocycles. The van der Waals surface area contributed by atoms with E-state index in [4.69, 9.17) is 11.6 Å². The molecule has 25 heavy (non-hydrogen) atoms. The molecule has 1 aromatic carbocycles. The lowest BCUT2D eigenvalue weighted by atomic mass is 9.99. The highest BCUT2D eigenvalue weighted by molar-refractivity contribution is 6.31.